The van der Waals surface area contributed by atoms with Gasteiger partial charge in [-0.3, -0.25) is 14.5 Å². The van der Waals surface area contributed by atoms with Gasteiger partial charge in [-0.2, -0.15) is 0 Å². The van der Waals surface area contributed by atoms with Gasteiger partial charge in [-0.25, -0.2) is 0 Å². The topological polar surface area (TPSA) is 111 Å². The summed E-state index contributed by atoms with van der Waals surface area (Å²) in [6.07, 6.45) is 0.974. The van der Waals surface area contributed by atoms with E-state index in [9.17, 15) is 14.7 Å². The van der Waals surface area contributed by atoms with Gasteiger partial charge in [-0.05, 0) is 25.9 Å². The molecular weight excluding hydrogens is 304 g/mol. The van der Waals surface area contributed by atoms with E-state index in [1.807, 2.05) is 4.90 Å². The van der Waals surface area contributed by atoms with E-state index in [0.29, 0.717) is 52.2 Å². The Labute approximate surface area is 135 Å². The van der Waals surface area contributed by atoms with Gasteiger partial charge in [-0.15, -0.1) is 0 Å². The maximum atomic E-state index is 10.9. The third kappa shape index (κ3) is 5.42. The number of aliphatic hydroxyl groups is 1. The maximum Gasteiger partial charge on any atom is 0.307 e. The minimum atomic E-state index is -0.768. The zero-order valence-corrected chi connectivity index (χ0v) is 13.3. The van der Waals surface area contributed by atoms with Crippen LogP contribution in [0.4, 0.5) is 0 Å². The first-order valence-corrected chi connectivity index (χ1v) is 8.12. The smallest absolute Gasteiger partial charge is 0.307 e. The first-order chi connectivity index (χ1) is 11.0. The van der Waals surface area contributed by atoms with E-state index in [-0.39, 0.29) is 24.5 Å². The van der Waals surface area contributed by atoms with E-state index in [2.05, 4.69) is 4.90 Å². The summed E-state index contributed by atoms with van der Waals surface area (Å²) in [5.74, 6) is -2.13. The third-order valence-electron chi connectivity index (χ3n) is 4.67. The third-order valence-corrected chi connectivity index (χ3v) is 4.67. The summed E-state index contributed by atoms with van der Waals surface area (Å²) in [6.45, 7) is 4.03. The largest absolute Gasteiger partial charge is 0.481 e. The van der Waals surface area contributed by atoms with Gasteiger partial charge in [0.1, 0.15) is 0 Å². The fraction of sp³-hybridized carbons (Fsp3) is 0.867. The van der Waals surface area contributed by atoms with E-state index in [4.69, 9.17) is 14.9 Å². The Morgan fingerprint density at radius 2 is 1.61 bits per heavy atom. The molecule has 3 unspecified atom stereocenters. The summed E-state index contributed by atoms with van der Waals surface area (Å²) >= 11 is 0. The SMILES string of the molecule is O=C(O)C1CCN(CCOC(CO)CN2CCC(C(=O)O)C2)C1. The second-order valence-corrected chi connectivity index (χ2v) is 6.38. The zero-order valence-electron chi connectivity index (χ0n) is 13.3. The van der Waals surface area contributed by atoms with Gasteiger partial charge in [0.05, 0.1) is 31.2 Å². The molecule has 3 atom stereocenters. The summed E-state index contributed by atoms with van der Waals surface area (Å²) in [6, 6.07) is 0. The lowest BCUT2D eigenvalue weighted by molar-refractivity contribution is -0.142. The van der Waals surface area contributed by atoms with Gasteiger partial charge < -0.3 is 25.0 Å². The molecule has 2 rings (SSSR count). The molecule has 0 aromatic rings. The Kier molecular flexibility index (Phi) is 6.76. The Hall–Kier alpha value is -1.22. The van der Waals surface area contributed by atoms with Crippen molar-refractivity contribution in [2.75, 3.05) is 52.5 Å². The van der Waals surface area contributed by atoms with E-state index in [1.165, 1.54) is 0 Å². The quantitative estimate of drug-likeness (QED) is 0.503. The number of carboxylic acid groups (broad SMARTS) is 2. The van der Waals surface area contributed by atoms with E-state index >= 15 is 0 Å². The second-order valence-electron chi connectivity index (χ2n) is 6.38. The van der Waals surface area contributed by atoms with Gasteiger partial charge in [0.15, 0.2) is 0 Å². The summed E-state index contributed by atoms with van der Waals surface area (Å²) in [5.41, 5.74) is 0. The van der Waals surface area contributed by atoms with Crippen LogP contribution in [0.5, 0.6) is 0 Å². The molecule has 2 fully saturated rings. The van der Waals surface area contributed by atoms with Crippen LogP contribution in [-0.2, 0) is 14.3 Å². The molecule has 0 amide bonds. The van der Waals surface area contributed by atoms with Crippen molar-refractivity contribution in [2.24, 2.45) is 11.8 Å². The number of aliphatic hydroxyl groups excluding tert-OH is 1. The molecule has 132 valence electrons. The molecule has 0 saturated carbocycles. The molecule has 0 aromatic heterocycles. The first-order valence-electron chi connectivity index (χ1n) is 8.12. The van der Waals surface area contributed by atoms with Crippen LogP contribution in [0, 0.1) is 11.8 Å². The summed E-state index contributed by atoms with van der Waals surface area (Å²) < 4.78 is 5.68. The van der Waals surface area contributed by atoms with Crippen molar-refractivity contribution in [3.05, 3.63) is 0 Å². The van der Waals surface area contributed by atoms with Crippen LogP contribution in [0.2, 0.25) is 0 Å². The highest BCUT2D eigenvalue weighted by Gasteiger charge is 2.30. The highest BCUT2D eigenvalue weighted by molar-refractivity contribution is 5.71. The number of nitrogens with zero attached hydrogens (tertiary/aromatic N) is 2. The van der Waals surface area contributed by atoms with Crippen molar-refractivity contribution in [1.82, 2.24) is 9.80 Å². The van der Waals surface area contributed by atoms with Crippen LogP contribution in [0.1, 0.15) is 12.8 Å². The highest BCUT2D eigenvalue weighted by atomic mass is 16.5. The zero-order chi connectivity index (χ0) is 16.8. The van der Waals surface area contributed by atoms with Gasteiger partial charge in [-0.1, -0.05) is 0 Å². The maximum absolute atomic E-state index is 10.9. The van der Waals surface area contributed by atoms with Crippen LogP contribution in [-0.4, -0.2) is 95.6 Å². The van der Waals surface area contributed by atoms with Crippen LogP contribution in [0.25, 0.3) is 0 Å². The number of aliphatic carboxylic acids is 2. The average molecular weight is 330 g/mol. The van der Waals surface area contributed by atoms with Crippen molar-refractivity contribution in [1.29, 1.82) is 0 Å². The Balaban J connectivity index is 1.64. The Morgan fingerprint density at radius 3 is 2.13 bits per heavy atom. The van der Waals surface area contributed by atoms with Gasteiger partial charge in [0.25, 0.3) is 0 Å². The number of hydrogen-bond donors (Lipinski definition) is 3. The molecule has 0 radical (unpaired) electrons. The number of rotatable bonds is 9. The molecule has 0 bridgehead atoms. The standard InChI is InChI=1S/C15H26N2O6/c18-10-13(9-17-4-2-12(8-17)15(21)22)23-6-5-16-3-1-11(7-16)14(19)20/h11-13,18H,1-10H2,(H,19,20)(H,21,22). The molecular formula is C15H26N2O6. The fourth-order valence-electron chi connectivity index (χ4n) is 3.24. The van der Waals surface area contributed by atoms with E-state index < -0.39 is 11.9 Å². The lowest BCUT2D eigenvalue weighted by Crippen LogP contribution is -2.37. The van der Waals surface area contributed by atoms with Gasteiger partial charge >= 0.3 is 11.9 Å². The molecule has 8 heteroatoms. The molecule has 0 spiro atoms. The van der Waals surface area contributed by atoms with Crippen molar-refractivity contribution in [3.63, 3.8) is 0 Å². The van der Waals surface area contributed by atoms with Crippen molar-refractivity contribution in [3.8, 4) is 0 Å². The van der Waals surface area contributed by atoms with E-state index in [0.717, 1.165) is 6.54 Å². The molecule has 0 aliphatic carbocycles. The second kappa shape index (κ2) is 8.58. The lowest BCUT2D eigenvalue weighted by Gasteiger charge is -2.23. The number of likely N-dealkylation sites (tertiary alicyclic amines) is 2. The molecule has 2 aliphatic heterocycles. The van der Waals surface area contributed by atoms with Crippen LogP contribution >= 0.6 is 0 Å². The Bertz CT molecular complexity index is 419. The Morgan fingerprint density at radius 1 is 1.04 bits per heavy atom. The minimum absolute atomic E-state index is 0.105. The first kappa shape index (κ1) is 18.1. The number of hydrogen-bond acceptors (Lipinski definition) is 6. The van der Waals surface area contributed by atoms with Gasteiger partial charge in [0, 0.05) is 26.2 Å². The minimum Gasteiger partial charge on any atom is -0.481 e. The predicted molar refractivity (Wildman–Crippen MR) is 81.2 cm³/mol. The number of carboxylic acids is 2. The van der Waals surface area contributed by atoms with E-state index in [1.54, 1.807) is 0 Å². The fourth-order valence-corrected chi connectivity index (χ4v) is 3.24. The average Bonchev–Trinajstić information content (AvgIpc) is 3.15. The molecule has 3 N–H and O–H groups in total. The molecule has 0 aromatic carbocycles. The molecule has 2 heterocycles. The van der Waals surface area contributed by atoms with Gasteiger partial charge in [0.2, 0.25) is 0 Å². The van der Waals surface area contributed by atoms with Crippen LogP contribution < -0.4 is 0 Å². The molecule has 2 aliphatic rings. The van der Waals surface area contributed by atoms with Crippen LogP contribution in [0.3, 0.4) is 0 Å². The summed E-state index contributed by atoms with van der Waals surface area (Å²) in [5, 5.41) is 27.4. The molecule has 8 nitrogen and oxygen atoms in total. The molecule has 23 heavy (non-hydrogen) atoms. The monoisotopic (exact) mass is 330 g/mol. The molecule has 2 saturated heterocycles. The normalized spacial score (nSPS) is 27.3. The lowest BCUT2D eigenvalue weighted by atomic mass is 10.1. The highest BCUT2D eigenvalue weighted by Crippen LogP contribution is 2.18. The van der Waals surface area contributed by atoms with Crippen molar-refractivity contribution in [2.45, 2.75) is 18.9 Å². The summed E-state index contributed by atoms with van der Waals surface area (Å²) in [7, 11) is 0. The summed E-state index contributed by atoms with van der Waals surface area (Å²) in [4.78, 5) is 25.9. The number of carbonyl (C=O) groups is 2. The number of ether oxygens (including phenoxy) is 1. The predicted octanol–water partition coefficient (Wildman–Crippen LogP) is -0.823. The van der Waals surface area contributed by atoms with Crippen molar-refractivity contribution >= 4 is 11.9 Å². The van der Waals surface area contributed by atoms with Crippen molar-refractivity contribution < 1.29 is 29.6 Å². The van der Waals surface area contributed by atoms with Crippen LogP contribution in [0.15, 0.2) is 0 Å².